The maximum absolute atomic E-state index is 15.4. The number of nitrogens with one attached hydrogen (secondary N) is 1. The van der Waals surface area contributed by atoms with Crippen molar-refractivity contribution in [1.82, 2.24) is 14.9 Å². The number of likely N-dealkylation sites (tertiary alicyclic amines) is 1. The summed E-state index contributed by atoms with van der Waals surface area (Å²) in [7, 11) is 1.35. The molecule has 4 amide bonds. The van der Waals surface area contributed by atoms with E-state index in [2.05, 4.69) is 26.3 Å². The predicted molar refractivity (Wildman–Crippen MR) is 208 cm³/mol. The van der Waals surface area contributed by atoms with Crippen LogP contribution in [0.3, 0.4) is 0 Å². The maximum Gasteiger partial charge on any atom is 0.417 e. The third-order valence-electron chi connectivity index (χ3n) is 11.8. The average molecular weight is 901 g/mol. The number of imide groups is 2. The lowest BCUT2D eigenvalue weighted by molar-refractivity contribution is -0.141. The fraction of sp³-hybridized carbons (Fsp3) is 0.293. The Balaban J connectivity index is 1.28. The lowest BCUT2D eigenvalue weighted by Gasteiger charge is -2.50. The number of hydrazine groups is 1. The van der Waals surface area contributed by atoms with Gasteiger partial charge in [0.05, 0.1) is 40.9 Å². The maximum atomic E-state index is 15.4. The molecule has 1 saturated carbocycles. The van der Waals surface area contributed by atoms with Crippen LogP contribution < -0.4 is 10.2 Å². The van der Waals surface area contributed by atoms with E-state index in [0.29, 0.717) is 44.3 Å². The van der Waals surface area contributed by atoms with Crippen molar-refractivity contribution in [1.29, 1.82) is 0 Å². The van der Waals surface area contributed by atoms with Crippen LogP contribution >= 0.6 is 39.1 Å². The Morgan fingerprint density at radius 2 is 1.67 bits per heavy atom. The Bertz CT molecular complexity index is 2420. The first-order valence-corrected chi connectivity index (χ1v) is 19.6. The van der Waals surface area contributed by atoms with Crippen molar-refractivity contribution in [3.8, 4) is 17.2 Å². The quantitative estimate of drug-likeness (QED) is 0.119. The van der Waals surface area contributed by atoms with Gasteiger partial charge in [-0.25, -0.2) is 4.98 Å². The molecule has 2 aliphatic carbocycles. The highest BCUT2D eigenvalue weighted by Gasteiger charge is 2.70. The molecule has 8 rings (SSSR count). The number of rotatable bonds is 8. The summed E-state index contributed by atoms with van der Waals surface area (Å²) < 4.78 is 46.5. The van der Waals surface area contributed by atoms with Crippen LogP contribution in [0.1, 0.15) is 41.0 Å². The number of hydrogen-bond donors (Lipinski definition) is 3. The van der Waals surface area contributed by atoms with E-state index in [0.717, 1.165) is 5.56 Å². The molecule has 11 nitrogen and oxygen atoms in total. The molecule has 6 unspecified atom stereocenters. The number of ether oxygens (including phenoxy) is 1. The molecule has 4 aliphatic rings. The molecular weight excluding hydrogens is 868 g/mol. The number of phenols is 2. The number of carbonyl (C=O) groups is 4. The number of aromatic nitrogens is 1. The van der Waals surface area contributed by atoms with Gasteiger partial charge in [0.1, 0.15) is 5.75 Å². The van der Waals surface area contributed by atoms with E-state index in [9.17, 15) is 37.8 Å². The minimum Gasteiger partial charge on any atom is -0.508 e. The lowest BCUT2D eigenvalue weighted by atomic mass is 9.49. The van der Waals surface area contributed by atoms with Crippen LogP contribution in [0.5, 0.6) is 17.2 Å². The van der Waals surface area contributed by atoms with Crippen LogP contribution in [0.4, 0.5) is 19.0 Å². The van der Waals surface area contributed by atoms with Crippen molar-refractivity contribution in [2.45, 2.75) is 36.8 Å². The Labute approximate surface area is 347 Å². The summed E-state index contributed by atoms with van der Waals surface area (Å²) in [6.07, 6.45) is -2.09. The van der Waals surface area contributed by atoms with Gasteiger partial charge in [-0.05, 0) is 78.8 Å². The number of carbonyl (C=O) groups excluding carboxylic acids is 4. The molecule has 0 spiro atoms. The molecule has 17 heteroatoms. The smallest absolute Gasteiger partial charge is 0.417 e. The molecule has 0 radical (unpaired) electrons. The first kappa shape index (κ1) is 39.7. The van der Waals surface area contributed by atoms with Gasteiger partial charge in [0, 0.05) is 33.7 Å². The second-order valence-electron chi connectivity index (χ2n) is 14.7. The fourth-order valence-electron chi connectivity index (χ4n) is 9.29. The van der Waals surface area contributed by atoms with E-state index in [1.54, 1.807) is 42.5 Å². The third kappa shape index (κ3) is 6.29. The molecule has 3 heterocycles. The van der Waals surface area contributed by atoms with Crippen molar-refractivity contribution in [2.75, 3.05) is 19.1 Å². The van der Waals surface area contributed by atoms with Gasteiger partial charge in [0.15, 0.2) is 17.3 Å². The number of pyridine rings is 1. The summed E-state index contributed by atoms with van der Waals surface area (Å²) >= 11 is 16.1. The van der Waals surface area contributed by atoms with Gasteiger partial charge in [-0.3, -0.25) is 29.5 Å². The average Bonchev–Trinajstić information content (AvgIpc) is 3.56. The number of fused-ring (bicyclic) bond motifs is 4. The van der Waals surface area contributed by atoms with Crippen molar-refractivity contribution in [3.63, 3.8) is 0 Å². The minimum absolute atomic E-state index is 0.0450. The summed E-state index contributed by atoms with van der Waals surface area (Å²) in [4.78, 5) is 63.8. The Hall–Kier alpha value is -5.12. The summed E-state index contributed by atoms with van der Waals surface area (Å²) in [5.41, 5.74) is 1.41. The molecule has 58 heavy (non-hydrogen) atoms. The van der Waals surface area contributed by atoms with Crippen LogP contribution in [0, 0.1) is 23.7 Å². The van der Waals surface area contributed by atoms with Gasteiger partial charge in [-0.15, -0.1) is 0 Å². The van der Waals surface area contributed by atoms with Gasteiger partial charge < -0.3 is 14.9 Å². The van der Waals surface area contributed by atoms with Gasteiger partial charge in [0.2, 0.25) is 11.8 Å². The topological polar surface area (TPSA) is 149 Å². The van der Waals surface area contributed by atoms with Crippen LogP contribution in [-0.2, 0) is 37.2 Å². The normalized spacial score (nSPS) is 25.4. The molecule has 2 aliphatic heterocycles. The molecule has 2 saturated heterocycles. The number of phenolic OH excluding ortho intramolecular Hbond substituents is 2. The molecule has 3 fully saturated rings. The highest BCUT2D eigenvalue weighted by atomic mass is 79.9. The summed E-state index contributed by atoms with van der Waals surface area (Å²) in [6.45, 7) is 0.0681. The number of methoxy groups -OCH3 is 1. The van der Waals surface area contributed by atoms with Gasteiger partial charge in [-0.2, -0.15) is 18.2 Å². The van der Waals surface area contributed by atoms with E-state index < -0.39 is 75.3 Å². The van der Waals surface area contributed by atoms with Crippen molar-refractivity contribution < 1.29 is 47.3 Å². The highest BCUT2D eigenvalue weighted by Crippen LogP contribution is 2.65. The molecular formula is C41H32BrCl2F3N4O7. The van der Waals surface area contributed by atoms with Gasteiger partial charge in [0.25, 0.3) is 11.8 Å². The molecule has 3 aromatic carbocycles. The van der Waals surface area contributed by atoms with Crippen LogP contribution in [0.2, 0.25) is 10.0 Å². The highest BCUT2D eigenvalue weighted by molar-refractivity contribution is 9.10. The van der Waals surface area contributed by atoms with Gasteiger partial charge >= 0.3 is 6.18 Å². The zero-order valence-corrected chi connectivity index (χ0v) is 33.4. The lowest BCUT2D eigenvalue weighted by Crippen LogP contribution is -2.53. The Kier molecular flexibility index (Phi) is 10.00. The SMILES string of the molecule is COc1cc(Br)cc(C2C3=CCC4C(=O)N(CCc5ccc(O)cc5)C(=O)C4C3CC3C(=O)N(Nc4ncc(C(F)(F)F)cc4Cl)C(=O)C32c2ccc(Cl)cc2)c1O. The molecule has 6 atom stereocenters. The molecule has 4 aromatic rings. The van der Waals surface area contributed by atoms with Crippen LogP contribution in [-0.4, -0.2) is 62.4 Å². The van der Waals surface area contributed by atoms with Gasteiger partial charge in [-0.1, -0.05) is 75.0 Å². The first-order chi connectivity index (χ1) is 27.6. The minimum atomic E-state index is -4.77. The van der Waals surface area contributed by atoms with Crippen molar-refractivity contribution in [3.05, 3.63) is 121 Å². The molecule has 300 valence electrons. The Morgan fingerprint density at radius 1 is 0.966 bits per heavy atom. The zero-order chi connectivity index (χ0) is 41.4. The number of allylic oxidation sites excluding steroid dienone is 2. The number of amides is 4. The largest absolute Gasteiger partial charge is 0.508 e. The summed E-state index contributed by atoms with van der Waals surface area (Å²) in [5, 5.41) is 22.1. The number of nitrogens with zero attached hydrogens (tertiary/aromatic N) is 3. The second-order valence-corrected chi connectivity index (χ2v) is 16.5. The van der Waals surface area contributed by atoms with E-state index in [1.807, 2.05) is 6.08 Å². The van der Waals surface area contributed by atoms with E-state index in [1.165, 1.54) is 30.2 Å². The number of aromatic hydroxyl groups is 2. The monoisotopic (exact) mass is 898 g/mol. The number of anilines is 1. The number of alkyl halides is 3. The number of hydrogen-bond acceptors (Lipinski definition) is 9. The van der Waals surface area contributed by atoms with E-state index in [-0.39, 0.29) is 48.1 Å². The fourth-order valence-corrected chi connectivity index (χ4v) is 10.1. The van der Waals surface area contributed by atoms with Crippen molar-refractivity contribution in [2.24, 2.45) is 23.7 Å². The van der Waals surface area contributed by atoms with Crippen molar-refractivity contribution >= 4 is 68.6 Å². The standard InChI is InChI=1S/C41H32BrCl2F3N4O7/c1-58-31-16-22(42)15-28(34(31)53)33-25-10-11-26-32(38(56)50(36(26)54)13-12-19-2-8-24(52)9-3-19)27(25)17-29-37(55)51(39(57)40(29,33)20-4-6-23(43)7-5-20)49-35-30(44)14-21(18-48-35)41(45,46)47/h2-10,14-16,18,26-27,29,32-33,52-53H,11-13,17H2,1H3,(H,48,49). The van der Waals surface area contributed by atoms with Crippen LogP contribution in [0.15, 0.2) is 89.0 Å². The number of benzene rings is 3. The number of halogens is 6. The van der Waals surface area contributed by atoms with Crippen LogP contribution in [0.25, 0.3) is 0 Å². The summed E-state index contributed by atoms with van der Waals surface area (Å²) in [5.74, 6) is -7.99. The summed E-state index contributed by atoms with van der Waals surface area (Å²) in [6, 6.07) is 16.4. The Morgan fingerprint density at radius 3 is 2.33 bits per heavy atom. The zero-order valence-electron chi connectivity index (χ0n) is 30.3. The molecule has 3 N–H and O–H groups in total. The second kappa shape index (κ2) is 14.6. The first-order valence-electron chi connectivity index (χ1n) is 18.1. The third-order valence-corrected chi connectivity index (χ3v) is 12.8. The molecule has 0 bridgehead atoms. The van der Waals surface area contributed by atoms with E-state index in [4.69, 9.17) is 27.9 Å². The predicted octanol–water partition coefficient (Wildman–Crippen LogP) is 7.82. The molecule has 1 aromatic heterocycles. The van der Waals surface area contributed by atoms with E-state index >= 15 is 4.79 Å².